The van der Waals surface area contributed by atoms with Crippen LogP contribution in [0, 0.1) is 26.6 Å². The first kappa shape index (κ1) is 17.7. The monoisotopic (exact) mass is 385 g/mol. The topological polar surface area (TPSA) is 55.2 Å². The molecule has 2 heterocycles. The van der Waals surface area contributed by atoms with Gasteiger partial charge < -0.3 is 4.57 Å². The number of hydrogen-bond acceptors (Lipinski definition) is 3. The number of anilines is 1. The Hall–Kier alpha value is -2.67. The van der Waals surface area contributed by atoms with Gasteiger partial charge in [-0.25, -0.2) is 17.8 Å². The molecule has 0 spiro atoms. The summed E-state index contributed by atoms with van der Waals surface area (Å²) in [5.74, 6) is -0.332. The number of aromatic nitrogens is 2. The van der Waals surface area contributed by atoms with E-state index in [0.29, 0.717) is 29.8 Å². The quantitative estimate of drug-likeness (QED) is 0.691. The van der Waals surface area contributed by atoms with Gasteiger partial charge in [-0.2, -0.15) is 0 Å². The Bertz CT molecular complexity index is 1150. The van der Waals surface area contributed by atoms with E-state index < -0.39 is 10.0 Å². The Kier molecular flexibility index (Phi) is 4.07. The lowest BCUT2D eigenvalue weighted by atomic mass is 10.1. The highest BCUT2D eigenvalue weighted by Gasteiger charge is 2.33. The lowest BCUT2D eigenvalue weighted by Gasteiger charge is -2.22. The fourth-order valence-corrected chi connectivity index (χ4v) is 5.47. The number of rotatable bonds is 3. The molecule has 27 heavy (non-hydrogen) atoms. The average molecular weight is 385 g/mol. The molecule has 1 aliphatic heterocycles. The molecule has 3 aromatic rings. The van der Waals surface area contributed by atoms with E-state index in [1.165, 1.54) is 16.4 Å². The van der Waals surface area contributed by atoms with Crippen molar-refractivity contribution in [3.05, 3.63) is 71.1 Å². The van der Waals surface area contributed by atoms with E-state index in [4.69, 9.17) is 0 Å². The third-order valence-electron chi connectivity index (χ3n) is 4.91. The van der Waals surface area contributed by atoms with E-state index in [2.05, 4.69) is 4.98 Å². The van der Waals surface area contributed by atoms with E-state index in [1.54, 1.807) is 32.3 Å². The molecule has 140 valence electrons. The Morgan fingerprint density at radius 3 is 2.52 bits per heavy atom. The van der Waals surface area contributed by atoms with Gasteiger partial charge in [0.15, 0.2) is 0 Å². The molecule has 0 radical (unpaired) electrons. The number of halogens is 1. The summed E-state index contributed by atoms with van der Waals surface area (Å²) in [6.07, 6.45) is 4.10. The van der Waals surface area contributed by atoms with Gasteiger partial charge >= 0.3 is 0 Å². The molecule has 7 heteroatoms. The molecule has 0 unspecified atom stereocenters. The Labute approximate surface area is 158 Å². The predicted molar refractivity (Wildman–Crippen MR) is 102 cm³/mol. The minimum Gasteiger partial charge on any atom is -0.306 e. The molecule has 0 aliphatic carbocycles. The predicted octanol–water partition coefficient (Wildman–Crippen LogP) is 3.69. The number of imidazole rings is 1. The van der Waals surface area contributed by atoms with Gasteiger partial charge in [-0.1, -0.05) is 0 Å². The molecule has 0 saturated heterocycles. The molecule has 1 aliphatic rings. The van der Waals surface area contributed by atoms with Crippen LogP contribution in [0.2, 0.25) is 0 Å². The van der Waals surface area contributed by atoms with Crippen LogP contribution in [0.5, 0.6) is 0 Å². The van der Waals surface area contributed by atoms with Crippen LogP contribution in [0.4, 0.5) is 10.1 Å². The molecule has 1 aromatic heterocycles. The van der Waals surface area contributed by atoms with Crippen LogP contribution >= 0.6 is 0 Å². The molecular weight excluding hydrogens is 365 g/mol. The van der Waals surface area contributed by atoms with Crippen LogP contribution in [0.1, 0.15) is 22.4 Å². The molecule has 4 rings (SSSR count). The zero-order chi connectivity index (χ0) is 19.3. The van der Waals surface area contributed by atoms with Gasteiger partial charge in [0, 0.05) is 18.4 Å². The number of nitrogens with zero attached hydrogens (tertiary/aromatic N) is 3. The summed E-state index contributed by atoms with van der Waals surface area (Å²) in [5.41, 5.74) is 4.37. The van der Waals surface area contributed by atoms with Crippen molar-refractivity contribution in [1.29, 1.82) is 0 Å². The molecule has 0 saturated carbocycles. The van der Waals surface area contributed by atoms with Gasteiger partial charge in [0.25, 0.3) is 10.0 Å². The fraction of sp³-hybridized carbons (Fsp3) is 0.250. The first-order valence-corrected chi connectivity index (χ1v) is 10.1. The summed E-state index contributed by atoms with van der Waals surface area (Å²) in [7, 11) is -3.73. The van der Waals surface area contributed by atoms with Crippen molar-refractivity contribution in [3.63, 3.8) is 0 Å². The minimum atomic E-state index is -3.73. The summed E-state index contributed by atoms with van der Waals surface area (Å²) in [6, 6.07) is 8.05. The molecule has 2 aromatic carbocycles. The summed E-state index contributed by atoms with van der Waals surface area (Å²) in [4.78, 5) is 4.47. The number of benzene rings is 2. The highest BCUT2D eigenvalue weighted by atomic mass is 32.2. The van der Waals surface area contributed by atoms with E-state index in [0.717, 1.165) is 16.9 Å². The minimum absolute atomic E-state index is 0.264. The van der Waals surface area contributed by atoms with Crippen LogP contribution in [0.3, 0.4) is 0 Å². The smallest absolute Gasteiger partial charge is 0.264 e. The maximum atomic E-state index is 13.7. The van der Waals surface area contributed by atoms with E-state index in [9.17, 15) is 12.8 Å². The molecule has 0 atom stereocenters. The van der Waals surface area contributed by atoms with E-state index in [1.807, 2.05) is 23.8 Å². The van der Waals surface area contributed by atoms with Crippen LogP contribution in [-0.4, -0.2) is 24.5 Å². The van der Waals surface area contributed by atoms with E-state index in [-0.39, 0.29) is 10.7 Å². The van der Waals surface area contributed by atoms with Crippen LogP contribution < -0.4 is 4.31 Å². The van der Waals surface area contributed by atoms with Crippen molar-refractivity contribution < 1.29 is 12.8 Å². The summed E-state index contributed by atoms with van der Waals surface area (Å²) in [5, 5.41) is 0. The highest BCUT2D eigenvalue weighted by Crippen LogP contribution is 2.37. The van der Waals surface area contributed by atoms with Gasteiger partial charge in [-0.15, -0.1) is 0 Å². The standard InChI is InChI=1S/C20H20FN3O2S/c1-13-9-18(23-11-15(3)22-12-23)4-5-19(13)27(25,26)24-7-6-16-10-17(21)8-14(2)20(16)24/h4-5,8-12H,6-7H2,1-3H3. The summed E-state index contributed by atoms with van der Waals surface area (Å²) < 4.78 is 43.6. The summed E-state index contributed by atoms with van der Waals surface area (Å²) >= 11 is 0. The maximum Gasteiger partial charge on any atom is 0.264 e. The van der Waals surface area contributed by atoms with Gasteiger partial charge in [-0.05, 0) is 74.2 Å². The Morgan fingerprint density at radius 1 is 1.07 bits per heavy atom. The molecule has 0 amide bonds. The second-order valence-electron chi connectivity index (χ2n) is 6.93. The zero-order valence-electron chi connectivity index (χ0n) is 15.4. The highest BCUT2D eigenvalue weighted by molar-refractivity contribution is 7.93. The van der Waals surface area contributed by atoms with Crippen LogP contribution in [-0.2, 0) is 16.4 Å². The van der Waals surface area contributed by atoms with Gasteiger partial charge in [0.05, 0.1) is 22.6 Å². The van der Waals surface area contributed by atoms with Crippen molar-refractivity contribution in [2.45, 2.75) is 32.1 Å². The molecule has 0 bridgehead atoms. The number of sulfonamides is 1. The fourth-order valence-electron chi connectivity index (χ4n) is 3.69. The molecule has 0 fully saturated rings. The second-order valence-corrected chi connectivity index (χ2v) is 8.76. The number of aryl methyl sites for hydroxylation is 3. The molecule has 5 nitrogen and oxygen atoms in total. The lowest BCUT2D eigenvalue weighted by molar-refractivity contribution is 0.591. The average Bonchev–Trinajstić information content (AvgIpc) is 3.21. The number of hydrogen-bond donors (Lipinski definition) is 0. The zero-order valence-corrected chi connectivity index (χ0v) is 16.2. The van der Waals surface area contributed by atoms with Crippen molar-refractivity contribution in [2.24, 2.45) is 0 Å². The SMILES string of the molecule is Cc1cn(-c2ccc(S(=O)(=O)N3CCc4cc(F)cc(C)c43)c(C)c2)cn1. The van der Waals surface area contributed by atoms with Gasteiger partial charge in [0.1, 0.15) is 5.82 Å². The lowest BCUT2D eigenvalue weighted by Crippen LogP contribution is -2.30. The largest absolute Gasteiger partial charge is 0.306 e. The van der Waals surface area contributed by atoms with Crippen LogP contribution in [0.15, 0.2) is 47.8 Å². The molecule has 0 N–H and O–H groups in total. The first-order valence-electron chi connectivity index (χ1n) is 8.71. The maximum absolute atomic E-state index is 13.7. The first-order chi connectivity index (χ1) is 12.8. The van der Waals surface area contributed by atoms with Gasteiger partial charge in [-0.3, -0.25) is 4.31 Å². The van der Waals surface area contributed by atoms with Crippen molar-refractivity contribution in [2.75, 3.05) is 10.8 Å². The van der Waals surface area contributed by atoms with Crippen molar-refractivity contribution >= 4 is 15.7 Å². The van der Waals surface area contributed by atoms with Crippen molar-refractivity contribution in [1.82, 2.24) is 9.55 Å². The molecular formula is C20H20FN3O2S. The normalized spacial score (nSPS) is 13.9. The van der Waals surface area contributed by atoms with Gasteiger partial charge in [0.2, 0.25) is 0 Å². The summed E-state index contributed by atoms with van der Waals surface area (Å²) in [6.45, 7) is 5.75. The Balaban J connectivity index is 1.76. The van der Waals surface area contributed by atoms with Crippen LogP contribution in [0.25, 0.3) is 5.69 Å². The third-order valence-corrected chi connectivity index (χ3v) is 6.87. The third kappa shape index (κ3) is 2.92. The van der Waals surface area contributed by atoms with Crippen molar-refractivity contribution in [3.8, 4) is 5.69 Å². The Morgan fingerprint density at radius 2 is 1.85 bits per heavy atom. The van der Waals surface area contributed by atoms with E-state index >= 15 is 0 Å². The second kappa shape index (κ2) is 6.20. The number of fused-ring (bicyclic) bond motifs is 1.